The Kier molecular flexibility index (Phi) is 4.19. The smallest absolute Gasteiger partial charge is 0.273 e. The first-order valence-corrected chi connectivity index (χ1v) is 6.29. The van der Waals surface area contributed by atoms with E-state index in [0.29, 0.717) is 23.6 Å². The minimum absolute atomic E-state index is 0.0228. The minimum atomic E-state index is -0.459. The highest BCUT2D eigenvalue weighted by atomic mass is 35.5. The molecule has 0 bridgehead atoms. The van der Waals surface area contributed by atoms with Crippen molar-refractivity contribution in [3.8, 4) is 5.75 Å². The lowest BCUT2D eigenvalue weighted by atomic mass is 10.2. The van der Waals surface area contributed by atoms with Crippen LogP contribution in [0, 0.1) is 10.1 Å². The van der Waals surface area contributed by atoms with Crippen LogP contribution in [0.4, 0.5) is 5.69 Å². The van der Waals surface area contributed by atoms with Gasteiger partial charge in [-0.2, -0.15) is 0 Å². The van der Waals surface area contributed by atoms with Gasteiger partial charge in [-0.3, -0.25) is 10.1 Å². The van der Waals surface area contributed by atoms with Gasteiger partial charge in [0, 0.05) is 6.07 Å². The first kappa shape index (κ1) is 14.3. The van der Waals surface area contributed by atoms with E-state index in [1.54, 1.807) is 23.9 Å². The molecule has 106 valence electrons. The molecule has 0 saturated carbocycles. The zero-order valence-corrected chi connectivity index (χ0v) is 11.7. The number of benzene rings is 1. The summed E-state index contributed by atoms with van der Waals surface area (Å²) in [6.45, 7) is 2.15. The molecule has 0 amide bonds. The maximum absolute atomic E-state index is 10.9. The van der Waals surface area contributed by atoms with Gasteiger partial charge in [0.2, 0.25) is 0 Å². The number of hydrogen-bond acceptors (Lipinski definition) is 5. The second-order valence-electron chi connectivity index (χ2n) is 4.25. The number of rotatable bonds is 5. The Morgan fingerprint density at radius 2 is 2.25 bits per heavy atom. The molecule has 1 atom stereocenters. The fourth-order valence-corrected chi connectivity index (χ4v) is 1.82. The normalized spacial score (nSPS) is 12.2. The highest BCUT2D eigenvalue weighted by Crippen LogP contribution is 2.23. The van der Waals surface area contributed by atoms with Crippen molar-refractivity contribution in [2.75, 3.05) is 7.11 Å². The second-order valence-corrected chi connectivity index (χ2v) is 4.91. The summed E-state index contributed by atoms with van der Waals surface area (Å²) in [6.07, 6.45) is 1.71. The topological polar surface area (TPSA) is 83.1 Å². The largest absolute Gasteiger partial charge is 0.496 e. The summed E-state index contributed by atoms with van der Waals surface area (Å²) in [5, 5.41) is 18.5. The van der Waals surface area contributed by atoms with E-state index < -0.39 is 4.92 Å². The van der Waals surface area contributed by atoms with Crippen LogP contribution in [-0.4, -0.2) is 27.0 Å². The summed E-state index contributed by atoms with van der Waals surface area (Å²) in [7, 11) is 1.46. The van der Waals surface area contributed by atoms with Gasteiger partial charge >= 0.3 is 0 Å². The third-order valence-corrected chi connectivity index (χ3v) is 2.93. The van der Waals surface area contributed by atoms with Crippen LogP contribution in [0.15, 0.2) is 24.4 Å². The lowest BCUT2D eigenvalue weighted by Gasteiger charge is -2.05. The molecule has 0 fully saturated rings. The third kappa shape index (κ3) is 3.24. The lowest BCUT2D eigenvalue weighted by molar-refractivity contribution is -0.385. The van der Waals surface area contributed by atoms with Crippen LogP contribution in [0.25, 0.3) is 0 Å². The molecule has 0 N–H and O–H groups in total. The summed E-state index contributed by atoms with van der Waals surface area (Å²) >= 11 is 5.91. The first-order valence-electron chi connectivity index (χ1n) is 5.86. The molecule has 0 aliphatic carbocycles. The Morgan fingerprint density at radius 3 is 2.80 bits per heavy atom. The molecule has 0 saturated heterocycles. The van der Waals surface area contributed by atoms with Gasteiger partial charge in [-0.15, -0.1) is 16.7 Å². The number of aromatic nitrogens is 3. The zero-order valence-electron chi connectivity index (χ0n) is 11.0. The van der Waals surface area contributed by atoms with Gasteiger partial charge in [-0.1, -0.05) is 5.21 Å². The van der Waals surface area contributed by atoms with Crippen molar-refractivity contribution in [2.24, 2.45) is 0 Å². The number of nitro benzene ring substituents is 1. The maximum Gasteiger partial charge on any atom is 0.273 e. The molecular weight excluding hydrogens is 284 g/mol. The predicted molar refractivity (Wildman–Crippen MR) is 73.0 cm³/mol. The summed E-state index contributed by atoms with van der Waals surface area (Å²) in [5.74, 6) is 0.431. The molecule has 1 aromatic heterocycles. The first-order chi connectivity index (χ1) is 9.49. The number of ether oxygens (including phenoxy) is 1. The molecule has 2 aromatic rings. The Bertz CT molecular complexity index is 627. The van der Waals surface area contributed by atoms with Crippen LogP contribution in [0.3, 0.4) is 0 Å². The third-order valence-electron chi connectivity index (χ3n) is 2.71. The van der Waals surface area contributed by atoms with Crippen molar-refractivity contribution in [1.82, 2.24) is 15.0 Å². The van der Waals surface area contributed by atoms with Gasteiger partial charge in [-0.05, 0) is 18.6 Å². The molecule has 1 aromatic carbocycles. The van der Waals surface area contributed by atoms with Crippen molar-refractivity contribution >= 4 is 17.3 Å². The van der Waals surface area contributed by atoms with Crippen LogP contribution < -0.4 is 4.74 Å². The van der Waals surface area contributed by atoms with Crippen LogP contribution in [-0.2, 0) is 6.54 Å². The predicted octanol–water partition coefficient (Wildman–Crippen LogP) is 2.54. The molecule has 0 aliphatic rings. The van der Waals surface area contributed by atoms with E-state index in [0.717, 1.165) is 0 Å². The highest BCUT2D eigenvalue weighted by molar-refractivity contribution is 6.20. The molecule has 7 nitrogen and oxygen atoms in total. The van der Waals surface area contributed by atoms with Crippen LogP contribution in [0.2, 0.25) is 0 Å². The Morgan fingerprint density at radius 1 is 1.50 bits per heavy atom. The van der Waals surface area contributed by atoms with Crippen molar-refractivity contribution in [2.45, 2.75) is 18.8 Å². The fraction of sp³-hybridized carbons (Fsp3) is 0.333. The minimum Gasteiger partial charge on any atom is -0.496 e. The van der Waals surface area contributed by atoms with E-state index in [9.17, 15) is 10.1 Å². The molecule has 0 radical (unpaired) electrons. The average Bonchev–Trinajstić information content (AvgIpc) is 2.87. The molecule has 1 unspecified atom stereocenters. The number of non-ortho nitro benzene ring substituents is 1. The molecule has 0 spiro atoms. The zero-order chi connectivity index (χ0) is 14.7. The highest BCUT2D eigenvalue weighted by Gasteiger charge is 2.12. The monoisotopic (exact) mass is 296 g/mol. The lowest BCUT2D eigenvalue weighted by Crippen LogP contribution is -2.02. The molecule has 8 heteroatoms. The number of alkyl halides is 1. The van der Waals surface area contributed by atoms with Crippen molar-refractivity contribution < 1.29 is 9.66 Å². The molecule has 2 rings (SSSR count). The SMILES string of the molecule is COc1cc(Cn2cc(C(C)Cl)nn2)cc([N+](=O)[O-])c1. The Balaban J connectivity index is 2.27. The maximum atomic E-state index is 10.9. The molecule has 1 heterocycles. The molecule has 20 heavy (non-hydrogen) atoms. The van der Waals surface area contributed by atoms with Gasteiger partial charge < -0.3 is 4.74 Å². The Hall–Kier alpha value is -2.15. The van der Waals surface area contributed by atoms with Crippen LogP contribution in [0.5, 0.6) is 5.75 Å². The van der Waals surface area contributed by atoms with E-state index in [4.69, 9.17) is 16.3 Å². The molecule has 0 aliphatic heterocycles. The number of hydrogen-bond donors (Lipinski definition) is 0. The summed E-state index contributed by atoms with van der Waals surface area (Å²) < 4.78 is 6.63. The second kappa shape index (κ2) is 5.87. The summed E-state index contributed by atoms with van der Waals surface area (Å²) in [6, 6.07) is 4.57. The van der Waals surface area contributed by atoms with E-state index in [-0.39, 0.29) is 11.1 Å². The van der Waals surface area contributed by atoms with Crippen molar-refractivity contribution in [3.63, 3.8) is 0 Å². The van der Waals surface area contributed by atoms with Gasteiger partial charge in [0.1, 0.15) is 11.4 Å². The average molecular weight is 297 g/mol. The standard InChI is InChI=1S/C12H13ClN4O3/c1-8(13)12-7-16(15-14-12)6-9-3-10(17(18)19)5-11(4-9)20-2/h3-5,7-8H,6H2,1-2H3. The number of methoxy groups -OCH3 is 1. The van der Waals surface area contributed by atoms with Gasteiger partial charge in [0.05, 0.1) is 36.2 Å². The quantitative estimate of drug-likeness (QED) is 0.481. The van der Waals surface area contributed by atoms with E-state index in [2.05, 4.69) is 10.3 Å². The Labute approximate surface area is 120 Å². The van der Waals surface area contributed by atoms with E-state index >= 15 is 0 Å². The van der Waals surface area contributed by atoms with E-state index in [1.165, 1.54) is 19.2 Å². The molecular formula is C12H13ClN4O3. The van der Waals surface area contributed by atoms with Crippen LogP contribution in [0.1, 0.15) is 23.6 Å². The van der Waals surface area contributed by atoms with Crippen molar-refractivity contribution in [3.05, 3.63) is 45.8 Å². The number of nitro groups is 1. The van der Waals surface area contributed by atoms with Crippen LogP contribution >= 0.6 is 11.6 Å². The van der Waals surface area contributed by atoms with Gasteiger partial charge in [0.25, 0.3) is 5.69 Å². The number of halogens is 1. The fourth-order valence-electron chi connectivity index (χ4n) is 1.72. The van der Waals surface area contributed by atoms with Gasteiger partial charge in [-0.25, -0.2) is 4.68 Å². The number of nitrogens with zero attached hydrogens (tertiary/aromatic N) is 4. The summed E-state index contributed by atoms with van der Waals surface area (Å²) in [4.78, 5) is 10.4. The van der Waals surface area contributed by atoms with E-state index in [1.807, 2.05) is 0 Å². The van der Waals surface area contributed by atoms with Crippen molar-refractivity contribution in [1.29, 1.82) is 0 Å². The van der Waals surface area contributed by atoms with Gasteiger partial charge in [0.15, 0.2) is 0 Å². The summed E-state index contributed by atoms with van der Waals surface area (Å²) in [5.41, 5.74) is 1.34.